The fourth-order valence-electron chi connectivity index (χ4n) is 1.83. The SMILES string of the molecule is Cl.N#Cc1ccc([C@H](N)c2ccc(OC(F)(F)F)cc2)cc1. The molecule has 2 aromatic carbocycles. The van der Waals surface area contributed by atoms with E-state index in [4.69, 9.17) is 11.0 Å². The van der Waals surface area contributed by atoms with Gasteiger partial charge in [-0.05, 0) is 35.4 Å². The first kappa shape index (κ1) is 17.8. The average Bonchev–Trinajstić information content (AvgIpc) is 2.46. The van der Waals surface area contributed by atoms with Gasteiger partial charge in [0.05, 0.1) is 17.7 Å². The second-order valence-electron chi connectivity index (χ2n) is 4.33. The highest BCUT2D eigenvalue weighted by atomic mass is 35.5. The van der Waals surface area contributed by atoms with E-state index in [-0.39, 0.29) is 18.2 Å². The van der Waals surface area contributed by atoms with Crippen molar-refractivity contribution < 1.29 is 17.9 Å². The lowest BCUT2D eigenvalue weighted by Gasteiger charge is -2.14. The van der Waals surface area contributed by atoms with Crippen LogP contribution >= 0.6 is 12.4 Å². The van der Waals surface area contributed by atoms with E-state index in [0.717, 1.165) is 5.56 Å². The maximum atomic E-state index is 12.1. The van der Waals surface area contributed by atoms with Crippen molar-refractivity contribution in [1.29, 1.82) is 5.26 Å². The molecule has 2 aromatic rings. The highest BCUT2D eigenvalue weighted by Gasteiger charge is 2.31. The second-order valence-corrected chi connectivity index (χ2v) is 4.33. The van der Waals surface area contributed by atoms with Crippen molar-refractivity contribution in [1.82, 2.24) is 0 Å². The Bertz CT molecular complexity index is 648. The minimum Gasteiger partial charge on any atom is -0.406 e. The Balaban J connectivity index is 0.00000242. The summed E-state index contributed by atoms with van der Waals surface area (Å²) in [5, 5.41) is 8.72. The molecule has 0 aliphatic rings. The zero-order chi connectivity index (χ0) is 15.5. The van der Waals surface area contributed by atoms with Crippen LogP contribution in [0.3, 0.4) is 0 Å². The van der Waals surface area contributed by atoms with Crippen LogP contribution in [0.2, 0.25) is 0 Å². The van der Waals surface area contributed by atoms with E-state index in [2.05, 4.69) is 4.74 Å². The first-order valence-electron chi connectivity index (χ1n) is 6.00. The lowest BCUT2D eigenvalue weighted by molar-refractivity contribution is -0.274. The Labute approximate surface area is 131 Å². The average molecular weight is 329 g/mol. The molecule has 0 aliphatic carbocycles. The van der Waals surface area contributed by atoms with Crippen LogP contribution in [-0.4, -0.2) is 6.36 Å². The molecule has 0 bridgehead atoms. The normalized spacial score (nSPS) is 12.0. The summed E-state index contributed by atoms with van der Waals surface area (Å²) in [7, 11) is 0. The minimum absolute atomic E-state index is 0. The number of benzene rings is 2. The molecule has 0 amide bonds. The van der Waals surface area contributed by atoms with Crippen LogP contribution < -0.4 is 10.5 Å². The third kappa shape index (κ3) is 4.65. The Hall–Kier alpha value is -2.23. The van der Waals surface area contributed by atoms with Gasteiger partial charge in [0.1, 0.15) is 5.75 Å². The number of halogens is 4. The van der Waals surface area contributed by atoms with Crippen molar-refractivity contribution in [2.75, 3.05) is 0 Å². The molecule has 0 unspecified atom stereocenters. The highest BCUT2D eigenvalue weighted by Crippen LogP contribution is 2.26. The third-order valence-corrected chi connectivity index (χ3v) is 2.87. The fraction of sp³-hybridized carbons (Fsp3) is 0.133. The number of ether oxygens (including phenoxy) is 1. The van der Waals surface area contributed by atoms with Crippen LogP contribution in [0.4, 0.5) is 13.2 Å². The Morgan fingerprint density at radius 3 is 1.82 bits per heavy atom. The van der Waals surface area contributed by atoms with Crippen molar-refractivity contribution in [3.8, 4) is 11.8 Å². The molecule has 0 fully saturated rings. The van der Waals surface area contributed by atoms with E-state index < -0.39 is 12.4 Å². The standard InChI is InChI=1S/C15H11F3N2O.ClH/c16-15(17,18)21-13-7-5-12(6-8-13)14(20)11-3-1-10(9-19)2-4-11;/h1-8,14H,20H2;1H/t14-;/m0./s1. The van der Waals surface area contributed by atoms with Gasteiger partial charge in [0, 0.05) is 0 Å². The molecule has 7 heteroatoms. The third-order valence-electron chi connectivity index (χ3n) is 2.87. The van der Waals surface area contributed by atoms with Gasteiger partial charge in [-0.3, -0.25) is 0 Å². The topological polar surface area (TPSA) is 59.0 Å². The highest BCUT2D eigenvalue weighted by molar-refractivity contribution is 5.85. The van der Waals surface area contributed by atoms with Crippen molar-refractivity contribution in [2.45, 2.75) is 12.4 Å². The molecule has 1 atom stereocenters. The number of nitrogens with zero attached hydrogens (tertiary/aromatic N) is 1. The molecule has 2 rings (SSSR count). The number of hydrogen-bond donors (Lipinski definition) is 1. The molecule has 0 saturated carbocycles. The molecule has 2 N–H and O–H groups in total. The molecule has 0 radical (unpaired) electrons. The lowest BCUT2D eigenvalue weighted by Crippen LogP contribution is -2.17. The van der Waals surface area contributed by atoms with Crippen molar-refractivity contribution >= 4 is 12.4 Å². The van der Waals surface area contributed by atoms with Crippen molar-refractivity contribution in [3.05, 3.63) is 65.2 Å². The first-order valence-corrected chi connectivity index (χ1v) is 6.00. The summed E-state index contributed by atoms with van der Waals surface area (Å²) >= 11 is 0. The lowest BCUT2D eigenvalue weighted by atomic mass is 9.99. The molecule has 0 saturated heterocycles. The first-order chi connectivity index (χ1) is 9.89. The largest absolute Gasteiger partial charge is 0.573 e. The minimum atomic E-state index is -4.71. The molecule has 0 aromatic heterocycles. The summed E-state index contributed by atoms with van der Waals surface area (Å²) in [6.07, 6.45) is -4.71. The summed E-state index contributed by atoms with van der Waals surface area (Å²) in [5.74, 6) is -0.293. The Morgan fingerprint density at radius 2 is 1.41 bits per heavy atom. The maximum absolute atomic E-state index is 12.1. The van der Waals surface area contributed by atoms with Gasteiger partial charge in [-0.2, -0.15) is 5.26 Å². The molecule has 0 aliphatic heterocycles. The van der Waals surface area contributed by atoms with Gasteiger partial charge in [-0.25, -0.2) is 0 Å². The smallest absolute Gasteiger partial charge is 0.406 e. The summed E-state index contributed by atoms with van der Waals surface area (Å²) < 4.78 is 40.0. The molecule has 0 heterocycles. The molecular weight excluding hydrogens is 317 g/mol. The molecule has 0 spiro atoms. The van der Waals surface area contributed by atoms with Crippen LogP contribution in [-0.2, 0) is 0 Å². The van der Waals surface area contributed by atoms with Gasteiger partial charge < -0.3 is 10.5 Å². The molecule has 116 valence electrons. The quantitative estimate of drug-likeness (QED) is 0.928. The van der Waals surface area contributed by atoms with Gasteiger partial charge in [0.15, 0.2) is 0 Å². The number of alkyl halides is 3. The number of nitrogens with two attached hydrogens (primary N) is 1. The van der Waals surface area contributed by atoms with E-state index in [0.29, 0.717) is 11.1 Å². The zero-order valence-corrected chi connectivity index (χ0v) is 12.0. The van der Waals surface area contributed by atoms with Crippen LogP contribution in [0.25, 0.3) is 0 Å². The van der Waals surface area contributed by atoms with E-state index in [1.165, 1.54) is 24.3 Å². The van der Waals surface area contributed by atoms with Crippen LogP contribution in [0.1, 0.15) is 22.7 Å². The van der Waals surface area contributed by atoms with E-state index in [1.807, 2.05) is 6.07 Å². The number of nitriles is 1. The van der Waals surface area contributed by atoms with Gasteiger partial charge in [-0.15, -0.1) is 25.6 Å². The number of rotatable bonds is 3. The van der Waals surface area contributed by atoms with Gasteiger partial charge in [0.2, 0.25) is 0 Å². The molecule has 3 nitrogen and oxygen atoms in total. The van der Waals surface area contributed by atoms with Crippen molar-refractivity contribution in [2.24, 2.45) is 5.73 Å². The van der Waals surface area contributed by atoms with Gasteiger partial charge in [0.25, 0.3) is 0 Å². The maximum Gasteiger partial charge on any atom is 0.573 e. The predicted molar refractivity (Wildman–Crippen MR) is 77.6 cm³/mol. The second kappa shape index (κ2) is 7.16. The summed E-state index contributed by atoms with van der Waals surface area (Å²) in [5.41, 5.74) is 7.96. The van der Waals surface area contributed by atoms with Gasteiger partial charge in [-0.1, -0.05) is 24.3 Å². The van der Waals surface area contributed by atoms with E-state index in [1.54, 1.807) is 24.3 Å². The Kier molecular flexibility index (Phi) is 5.80. The van der Waals surface area contributed by atoms with Crippen LogP contribution in [0.5, 0.6) is 5.75 Å². The van der Waals surface area contributed by atoms with Crippen LogP contribution in [0.15, 0.2) is 48.5 Å². The van der Waals surface area contributed by atoms with Crippen molar-refractivity contribution in [3.63, 3.8) is 0 Å². The predicted octanol–water partition coefficient (Wildman–Crippen LogP) is 3.93. The Morgan fingerprint density at radius 1 is 0.955 bits per heavy atom. The number of hydrogen-bond acceptors (Lipinski definition) is 3. The summed E-state index contributed by atoms with van der Waals surface area (Å²) in [6, 6.07) is 13.6. The monoisotopic (exact) mass is 328 g/mol. The zero-order valence-electron chi connectivity index (χ0n) is 11.2. The summed E-state index contributed by atoms with van der Waals surface area (Å²) in [6.45, 7) is 0. The van der Waals surface area contributed by atoms with E-state index >= 15 is 0 Å². The van der Waals surface area contributed by atoms with Gasteiger partial charge >= 0.3 is 6.36 Å². The molecule has 22 heavy (non-hydrogen) atoms. The fourth-order valence-corrected chi connectivity index (χ4v) is 1.83. The summed E-state index contributed by atoms with van der Waals surface area (Å²) in [4.78, 5) is 0. The van der Waals surface area contributed by atoms with E-state index in [9.17, 15) is 13.2 Å². The van der Waals surface area contributed by atoms with Crippen LogP contribution in [0, 0.1) is 11.3 Å². The molecular formula is C15H12ClF3N2O.